The van der Waals surface area contributed by atoms with Crippen LogP contribution in [0.5, 0.6) is 0 Å². The SMILES string of the molecule is [C-]#[N+]c1cc(Br)ccc1C1(C(=O)OCC)CC1. The lowest BCUT2D eigenvalue weighted by molar-refractivity contribution is -0.146. The van der Waals surface area contributed by atoms with Gasteiger partial charge in [-0.05, 0) is 31.4 Å². The van der Waals surface area contributed by atoms with Crippen molar-refractivity contribution in [2.24, 2.45) is 0 Å². The Bertz CT molecular complexity index is 501. The van der Waals surface area contributed by atoms with Gasteiger partial charge in [0.15, 0.2) is 5.69 Å². The smallest absolute Gasteiger partial charge is 0.315 e. The molecule has 1 aromatic rings. The number of benzene rings is 1. The zero-order chi connectivity index (χ0) is 12.5. The van der Waals surface area contributed by atoms with E-state index in [1.165, 1.54) is 0 Å². The van der Waals surface area contributed by atoms with Crippen LogP contribution in [0.1, 0.15) is 25.3 Å². The maximum atomic E-state index is 11.9. The summed E-state index contributed by atoms with van der Waals surface area (Å²) in [5.41, 5.74) is 0.774. The fraction of sp³-hybridized carbons (Fsp3) is 0.385. The standard InChI is InChI=1S/C13H12BrNO2/c1-3-17-12(16)13(6-7-13)10-5-4-9(14)8-11(10)15-2/h4-5,8H,3,6-7H2,1H3. The molecule has 1 saturated carbocycles. The summed E-state index contributed by atoms with van der Waals surface area (Å²) in [4.78, 5) is 15.4. The Morgan fingerprint density at radius 1 is 1.59 bits per heavy atom. The molecule has 0 aliphatic heterocycles. The molecular formula is C13H12BrNO2. The monoisotopic (exact) mass is 293 g/mol. The first-order valence-electron chi connectivity index (χ1n) is 5.49. The number of nitrogens with zero attached hydrogens (tertiary/aromatic N) is 1. The van der Waals surface area contributed by atoms with Crippen LogP contribution in [-0.2, 0) is 14.9 Å². The Morgan fingerprint density at radius 3 is 2.82 bits per heavy atom. The number of esters is 1. The van der Waals surface area contributed by atoms with Crippen molar-refractivity contribution in [1.29, 1.82) is 0 Å². The van der Waals surface area contributed by atoms with E-state index in [2.05, 4.69) is 20.8 Å². The Labute approximate surface area is 109 Å². The third-order valence-corrected chi connectivity index (χ3v) is 3.51. The lowest BCUT2D eigenvalue weighted by atomic mass is 9.94. The second-order valence-electron chi connectivity index (χ2n) is 4.08. The second kappa shape index (κ2) is 4.50. The van der Waals surface area contributed by atoms with Gasteiger partial charge in [-0.15, -0.1) is 0 Å². The Hall–Kier alpha value is -1.34. The van der Waals surface area contributed by atoms with Gasteiger partial charge in [-0.2, -0.15) is 0 Å². The van der Waals surface area contributed by atoms with Gasteiger partial charge in [0, 0.05) is 4.47 Å². The fourth-order valence-corrected chi connectivity index (χ4v) is 2.33. The van der Waals surface area contributed by atoms with E-state index < -0.39 is 5.41 Å². The van der Waals surface area contributed by atoms with Crippen LogP contribution < -0.4 is 0 Å². The van der Waals surface area contributed by atoms with Crippen LogP contribution >= 0.6 is 15.9 Å². The molecule has 17 heavy (non-hydrogen) atoms. The van der Waals surface area contributed by atoms with Crippen molar-refractivity contribution in [1.82, 2.24) is 0 Å². The summed E-state index contributed by atoms with van der Waals surface area (Å²) in [6.07, 6.45) is 1.55. The highest BCUT2D eigenvalue weighted by Crippen LogP contribution is 2.52. The van der Waals surface area contributed by atoms with Crippen molar-refractivity contribution in [3.63, 3.8) is 0 Å². The van der Waals surface area contributed by atoms with Crippen LogP contribution in [0, 0.1) is 6.57 Å². The number of carbonyl (C=O) groups is 1. The number of hydrogen-bond donors (Lipinski definition) is 0. The van der Waals surface area contributed by atoms with Gasteiger partial charge in [-0.3, -0.25) is 4.79 Å². The van der Waals surface area contributed by atoms with Crippen LogP contribution in [0.4, 0.5) is 5.69 Å². The zero-order valence-corrected chi connectivity index (χ0v) is 11.1. The van der Waals surface area contributed by atoms with Crippen LogP contribution in [0.25, 0.3) is 4.85 Å². The van der Waals surface area contributed by atoms with E-state index >= 15 is 0 Å². The van der Waals surface area contributed by atoms with Crippen molar-refractivity contribution >= 4 is 27.6 Å². The molecular weight excluding hydrogens is 282 g/mol. The number of halogens is 1. The first-order valence-corrected chi connectivity index (χ1v) is 6.28. The van der Waals surface area contributed by atoms with Gasteiger partial charge in [0.05, 0.1) is 18.6 Å². The molecule has 0 aromatic heterocycles. The summed E-state index contributed by atoms with van der Waals surface area (Å²) in [6, 6.07) is 5.46. The summed E-state index contributed by atoms with van der Waals surface area (Å²) >= 11 is 3.33. The highest BCUT2D eigenvalue weighted by molar-refractivity contribution is 9.10. The molecule has 2 rings (SSSR count). The molecule has 0 radical (unpaired) electrons. The summed E-state index contributed by atoms with van der Waals surface area (Å²) in [5.74, 6) is -0.202. The van der Waals surface area contributed by atoms with Crippen molar-refractivity contribution in [3.8, 4) is 0 Å². The third kappa shape index (κ3) is 2.07. The summed E-state index contributed by atoms with van der Waals surface area (Å²) in [7, 11) is 0. The number of rotatable bonds is 3. The molecule has 0 spiro atoms. The average molecular weight is 294 g/mol. The minimum atomic E-state index is -0.559. The van der Waals surface area contributed by atoms with E-state index in [-0.39, 0.29) is 5.97 Å². The highest BCUT2D eigenvalue weighted by atomic mass is 79.9. The Balaban J connectivity index is 2.41. The summed E-state index contributed by atoms with van der Waals surface area (Å²) in [5, 5.41) is 0. The predicted octanol–water partition coefficient (Wildman–Crippen LogP) is 3.59. The molecule has 88 valence electrons. The van der Waals surface area contributed by atoms with Crippen molar-refractivity contribution in [2.75, 3.05) is 6.61 Å². The maximum Gasteiger partial charge on any atom is 0.315 e. The van der Waals surface area contributed by atoms with Crippen molar-refractivity contribution < 1.29 is 9.53 Å². The van der Waals surface area contributed by atoms with Gasteiger partial charge in [0.2, 0.25) is 0 Å². The van der Waals surface area contributed by atoms with E-state index in [4.69, 9.17) is 11.3 Å². The molecule has 1 aromatic carbocycles. The lowest BCUT2D eigenvalue weighted by Gasteiger charge is -2.15. The van der Waals surface area contributed by atoms with Crippen LogP contribution in [0.15, 0.2) is 22.7 Å². The van der Waals surface area contributed by atoms with Crippen molar-refractivity contribution in [2.45, 2.75) is 25.2 Å². The van der Waals surface area contributed by atoms with E-state index in [1.807, 2.05) is 12.1 Å². The van der Waals surface area contributed by atoms with Crippen LogP contribution in [-0.4, -0.2) is 12.6 Å². The molecule has 1 fully saturated rings. The van der Waals surface area contributed by atoms with Gasteiger partial charge in [-0.25, -0.2) is 4.85 Å². The van der Waals surface area contributed by atoms with E-state index in [0.29, 0.717) is 12.3 Å². The molecule has 1 aliphatic rings. The number of hydrogen-bond acceptors (Lipinski definition) is 2. The molecule has 0 saturated heterocycles. The molecule has 0 unspecified atom stereocenters. The van der Waals surface area contributed by atoms with Crippen LogP contribution in [0.2, 0.25) is 0 Å². The molecule has 0 bridgehead atoms. The van der Waals surface area contributed by atoms with Crippen molar-refractivity contribution in [3.05, 3.63) is 39.7 Å². The largest absolute Gasteiger partial charge is 0.465 e. The lowest BCUT2D eigenvalue weighted by Crippen LogP contribution is -2.23. The van der Waals surface area contributed by atoms with Gasteiger partial charge in [0.1, 0.15) is 0 Å². The predicted molar refractivity (Wildman–Crippen MR) is 67.9 cm³/mol. The summed E-state index contributed by atoms with van der Waals surface area (Å²) in [6.45, 7) is 9.36. The molecule has 3 nitrogen and oxygen atoms in total. The molecule has 0 N–H and O–H groups in total. The molecule has 0 amide bonds. The maximum absolute atomic E-state index is 11.9. The van der Waals surface area contributed by atoms with Crippen LogP contribution in [0.3, 0.4) is 0 Å². The molecule has 0 atom stereocenters. The average Bonchev–Trinajstić information content (AvgIpc) is 3.10. The topological polar surface area (TPSA) is 30.7 Å². The normalized spacial score (nSPS) is 16.1. The quantitative estimate of drug-likeness (QED) is 0.630. The third-order valence-electron chi connectivity index (χ3n) is 3.01. The number of carbonyl (C=O) groups excluding carboxylic acids is 1. The first-order chi connectivity index (χ1) is 8.14. The number of ether oxygens (including phenoxy) is 1. The van der Waals surface area contributed by atoms with E-state index in [9.17, 15) is 4.79 Å². The van der Waals surface area contributed by atoms with Gasteiger partial charge >= 0.3 is 5.97 Å². The molecule has 1 aliphatic carbocycles. The molecule has 4 heteroatoms. The minimum Gasteiger partial charge on any atom is -0.465 e. The van der Waals surface area contributed by atoms with Gasteiger partial charge < -0.3 is 4.74 Å². The second-order valence-corrected chi connectivity index (χ2v) is 4.99. The van der Waals surface area contributed by atoms with E-state index in [0.717, 1.165) is 22.9 Å². The van der Waals surface area contributed by atoms with Gasteiger partial charge in [-0.1, -0.05) is 28.1 Å². The Morgan fingerprint density at radius 2 is 2.29 bits per heavy atom. The Kier molecular flexibility index (Phi) is 3.21. The fourth-order valence-electron chi connectivity index (χ4n) is 1.98. The van der Waals surface area contributed by atoms with E-state index in [1.54, 1.807) is 13.0 Å². The first kappa shape index (κ1) is 12.1. The highest BCUT2D eigenvalue weighted by Gasteiger charge is 2.53. The minimum absolute atomic E-state index is 0.202. The van der Waals surface area contributed by atoms with Gasteiger partial charge in [0.25, 0.3) is 0 Å². The summed E-state index contributed by atoms with van der Waals surface area (Å²) < 4.78 is 5.95. The zero-order valence-electron chi connectivity index (χ0n) is 9.50. The molecule has 0 heterocycles.